The molecule has 3 aromatic carbocycles. The van der Waals surface area contributed by atoms with Crippen LogP contribution in [0.5, 0.6) is 11.5 Å². The fourth-order valence-electron chi connectivity index (χ4n) is 6.22. The van der Waals surface area contributed by atoms with E-state index in [0.29, 0.717) is 50.7 Å². The number of nitrogens with zero attached hydrogens (tertiary/aromatic N) is 3. The summed E-state index contributed by atoms with van der Waals surface area (Å²) in [4.78, 5) is 7.21. The number of piperidine rings is 1. The Bertz CT molecular complexity index is 1640. The summed E-state index contributed by atoms with van der Waals surface area (Å²) in [6.07, 6.45) is 2.89. The van der Waals surface area contributed by atoms with E-state index in [9.17, 15) is 4.39 Å². The third-order valence-corrected chi connectivity index (χ3v) is 9.14. The smallest absolute Gasteiger partial charge is 0.278 e. The van der Waals surface area contributed by atoms with Crippen molar-refractivity contribution in [2.45, 2.75) is 57.1 Å². The molecule has 41 heavy (non-hydrogen) atoms. The minimum absolute atomic E-state index is 0.0920. The molecule has 0 saturated carbocycles. The summed E-state index contributed by atoms with van der Waals surface area (Å²) in [7, 11) is 0. The van der Waals surface area contributed by atoms with Crippen molar-refractivity contribution >= 4 is 38.6 Å². The molecule has 4 heterocycles. The number of aromatic nitrogens is 2. The van der Waals surface area contributed by atoms with Crippen LogP contribution in [0.4, 0.5) is 8.78 Å². The number of fused-ring (bicyclic) bond motifs is 2. The Kier molecular flexibility index (Phi) is 6.97. The highest BCUT2D eigenvalue weighted by Crippen LogP contribution is 2.50. The number of ether oxygens (including phenoxy) is 3. The first kappa shape index (κ1) is 27.1. The summed E-state index contributed by atoms with van der Waals surface area (Å²) in [5.41, 5.74) is 2.56. The summed E-state index contributed by atoms with van der Waals surface area (Å²) >= 11 is 9.37. The van der Waals surface area contributed by atoms with Crippen molar-refractivity contribution in [1.29, 1.82) is 0 Å². The van der Waals surface area contributed by atoms with Crippen LogP contribution in [0.1, 0.15) is 49.1 Å². The van der Waals surface area contributed by atoms with Crippen molar-refractivity contribution in [3.63, 3.8) is 0 Å². The minimum Gasteiger partial charge on any atom is -0.444 e. The number of hydrogen-bond donors (Lipinski definition) is 0. The fourth-order valence-corrected chi connectivity index (χ4v) is 6.80. The van der Waals surface area contributed by atoms with Crippen molar-refractivity contribution in [3.05, 3.63) is 86.6 Å². The largest absolute Gasteiger partial charge is 0.444 e. The van der Waals surface area contributed by atoms with E-state index < -0.39 is 11.6 Å². The van der Waals surface area contributed by atoms with Crippen LogP contribution >= 0.6 is 27.5 Å². The molecule has 7 rings (SSSR count). The van der Waals surface area contributed by atoms with E-state index >= 15 is 4.39 Å². The summed E-state index contributed by atoms with van der Waals surface area (Å²) in [6, 6.07) is 13.8. The van der Waals surface area contributed by atoms with Gasteiger partial charge in [-0.25, -0.2) is 13.8 Å². The lowest BCUT2D eigenvalue weighted by molar-refractivity contribution is -0.0712. The molecular weight excluding hydrogens is 616 g/mol. The Morgan fingerprint density at radius 1 is 1.05 bits per heavy atom. The average Bonchev–Trinajstić information content (AvgIpc) is 3.43. The van der Waals surface area contributed by atoms with Crippen molar-refractivity contribution in [3.8, 4) is 11.5 Å². The molecule has 2 atom stereocenters. The zero-order valence-corrected chi connectivity index (χ0v) is 24.9. The van der Waals surface area contributed by atoms with E-state index in [2.05, 4.69) is 26.9 Å². The summed E-state index contributed by atoms with van der Waals surface area (Å²) in [6.45, 7) is 5.42. The van der Waals surface area contributed by atoms with Gasteiger partial charge in [0.2, 0.25) is 0 Å². The molecule has 2 fully saturated rings. The van der Waals surface area contributed by atoms with Gasteiger partial charge in [-0.1, -0.05) is 39.7 Å². The summed E-state index contributed by atoms with van der Waals surface area (Å²) < 4.78 is 50.7. The lowest BCUT2D eigenvalue weighted by Gasteiger charge is -2.33. The topological polar surface area (TPSA) is 48.8 Å². The number of benzene rings is 3. The maximum atomic E-state index is 15.0. The molecule has 4 aromatic rings. The first-order valence-corrected chi connectivity index (χ1v) is 15.1. The van der Waals surface area contributed by atoms with Crippen LogP contribution in [0.2, 0.25) is 5.02 Å². The number of para-hydroxylation sites is 1. The van der Waals surface area contributed by atoms with Gasteiger partial charge in [0.05, 0.1) is 30.3 Å². The van der Waals surface area contributed by atoms with Gasteiger partial charge in [0.1, 0.15) is 23.0 Å². The Balaban J connectivity index is 1.08. The van der Waals surface area contributed by atoms with Gasteiger partial charge in [0.15, 0.2) is 11.5 Å². The second kappa shape index (κ2) is 10.5. The fraction of sp³-hybridized carbons (Fsp3) is 0.387. The van der Waals surface area contributed by atoms with E-state index in [0.717, 1.165) is 50.3 Å². The van der Waals surface area contributed by atoms with E-state index in [1.54, 1.807) is 19.1 Å². The maximum absolute atomic E-state index is 15.0. The van der Waals surface area contributed by atoms with Crippen molar-refractivity contribution in [1.82, 2.24) is 14.5 Å². The van der Waals surface area contributed by atoms with Gasteiger partial charge in [0, 0.05) is 28.6 Å². The standard InChI is InChI=1S/C31H29BrClF2N3O3/c1-31(23-6-5-20(33)15-24(23)34)40-27-4-2-3-22(30(27)41-31)18-7-10-37(11-8-18)17-28-36-26-14-19(32)13-25(35)29(26)38(28)16-21-9-12-39-21/h2-6,13-15,18,21H,7-12,16-17H2,1H3/t21-,31-/m0/s1. The van der Waals surface area contributed by atoms with Crippen LogP contribution in [0, 0.1) is 11.6 Å². The first-order chi connectivity index (χ1) is 19.8. The van der Waals surface area contributed by atoms with Gasteiger partial charge >= 0.3 is 0 Å². The predicted molar refractivity (Wildman–Crippen MR) is 155 cm³/mol. The van der Waals surface area contributed by atoms with E-state index in [4.69, 9.17) is 30.8 Å². The van der Waals surface area contributed by atoms with E-state index in [-0.39, 0.29) is 17.8 Å². The highest BCUT2D eigenvalue weighted by Gasteiger charge is 2.43. The maximum Gasteiger partial charge on any atom is 0.278 e. The van der Waals surface area contributed by atoms with Gasteiger partial charge in [0.25, 0.3) is 5.79 Å². The number of hydrogen-bond acceptors (Lipinski definition) is 5. The van der Waals surface area contributed by atoms with Gasteiger partial charge in [-0.05, 0) is 74.7 Å². The molecule has 1 aromatic heterocycles. The minimum atomic E-state index is -1.28. The van der Waals surface area contributed by atoms with Crippen LogP contribution in [0.15, 0.2) is 53.0 Å². The third-order valence-electron chi connectivity index (χ3n) is 8.44. The molecule has 3 aliphatic rings. The van der Waals surface area contributed by atoms with E-state index in [1.165, 1.54) is 12.1 Å². The van der Waals surface area contributed by atoms with Crippen LogP contribution in [-0.2, 0) is 23.6 Å². The second-order valence-electron chi connectivity index (χ2n) is 11.2. The van der Waals surface area contributed by atoms with Gasteiger partial charge < -0.3 is 18.8 Å². The molecule has 10 heteroatoms. The first-order valence-electron chi connectivity index (χ1n) is 13.9. The highest BCUT2D eigenvalue weighted by molar-refractivity contribution is 9.10. The van der Waals surface area contributed by atoms with Crippen molar-refractivity contribution < 1.29 is 23.0 Å². The molecule has 0 aliphatic carbocycles. The molecule has 0 amide bonds. The molecule has 6 nitrogen and oxygen atoms in total. The molecule has 0 bridgehead atoms. The quantitative estimate of drug-likeness (QED) is 0.217. The van der Waals surface area contributed by atoms with Crippen molar-refractivity contribution in [2.75, 3.05) is 19.7 Å². The molecule has 0 unspecified atom stereocenters. The van der Waals surface area contributed by atoms with Gasteiger partial charge in [-0.2, -0.15) is 0 Å². The molecule has 0 spiro atoms. The summed E-state index contributed by atoms with van der Waals surface area (Å²) in [5, 5.41) is 0.322. The van der Waals surface area contributed by atoms with E-state index in [1.807, 2.05) is 22.8 Å². The SMILES string of the molecule is C[C@]1(c2ccc(Cl)cc2F)Oc2cccc(C3CCN(Cc4nc5cc(Br)cc(F)c5n4C[C@@H]4CCO4)CC3)c2O1. The Morgan fingerprint density at radius 3 is 2.59 bits per heavy atom. The zero-order valence-electron chi connectivity index (χ0n) is 22.5. The highest BCUT2D eigenvalue weighted by atomic mass is 79.9. The number of imidazole rings is 1. The molecule has 0 N–H and O–H groups in total. The van der Waals surface area contributed by atoms with Crippen LogP contribution in [-0.4, -0.2) is 40.3 Å². The number of halogens is 4. The molecule has 214 valence electrons. The van der Waals surface area contributed by atoms with Crippen LogP contribution in [0.3, 0.4) is 0 Å². The average molecular weight is 645 g/mol. The third kappa shape index (κ3) is 5.01. The normalized spacial score (nSPS) is 22.8. The lowest BCUT2D eigenvalue weighted by atomic mass is 9.88. The Hall–Kier alpha value is -2.72. The Labute approximate surface area is 250 Å². The van der Waals surface area contributed by atoms with Crippen LogP contribution in [0.25, 0.3) is 11.0 Å². The Morgan fingerprint density at radius 2 is 1.85 bits per heavy atom. The predicted octanol–water partition coefficient (Wildman–Crippen LogP) is 7.54. The number of likely N-dealkylation sites (tertiary alicyclic amines) is 1. The zero-order chi connectivity index (χ0) is 28.3. The molecule has 2 saturated heterocycles. The second-order valence-corrected chi connectivity index (χ2v) is 12.5. The van der Waals surface area contributed by atoms with Crippen molar-refractivity contribution in [2.24, 2.45) is 0 Å². The molecular formula is C31H29BrClF2N3O3. The monoisotopic (exact) mass is 643 g/mol. The van der Waals surface area contributed by atoms with Gasteiger partial charge in [-0.15, -0.1) is 0 Å². The summed E-state index contributed by atoms with van der Waals surface area (Å²) in [5.74, 6) is 0.373. The molecule has 3 aliphatic heterocycles. The molecule has 0 radical (unpaired) electrons. The number of rotatable bonds is 6. The lowest BCUT2D eigenvalue weighted by Crippen LogP contribution is -2.35. The van der Waals surface area contributed by atoms with Gasteiger partial charge in [-0.3, -0.25) is 4.90 Å². The van der Waals surface area contributed by atoms with Crippen LogP contribution < -0.4 is 9.47 Å².